The summed E-state index contributed by atoms with van der Waals surface area (Å²) in [5.74, 6) is 1.08. The first-order chi connectivity index (χ1) is 13.4. The number of nitrogens with zero attached hydrogens (tertiary/aromatic N) is 2. The molecular formula is C20H24N2O5S. The van der Waals surface area contributed by atoms with Gasteiger partial charge in [0.1, 0.15) is 11.5 Å². The minimum Gasteiger partial charge on any atom is -0.497 e. The number of carbonyl (C=O) groups is 1. The minimum absolute atomic E-state index is 0.148. The van der Waals surface area contributed by atoms with E-state index in [0.29, 0.717) is 24.6 Å². The van der Waals surface area contributed by atoms with Crippen molar-refractivity contribution in [2.75, 3.05) is 33.3 Å². The van der Waals surface area contributed by atoms with Gasteiger partial charge in [0, 0.05) is 26.2 Å². The van der Waals surface area contributed by atoms with Crippen LogP contribution in [0.2, 0.25) is 0 Å². The average molecular weight is 404 g/mol. The van der Waals surface area contributed by atoms with Crippen molar-refractivity contribution in [3.63, 3.8) is 0 Å². The van der Waals surface area contributed by atoms with E-state index < -0.39 is 16.1 Å². The highest BCUT2D eigenvalue weighted by atomic mass is 32.2. The third-order valence-electron chi connectivity index (χ3n) is 4.65. The molecule has 0 spiro atoms. The Balaban J connectivity index is 1.59. The monoisotopic (exact) mass is 404 g/mol. The first-order valence-electron chi connectivity index (χ1n) is 9.06. The van der Waals surface area contributed by atoms with Crippen molar-refractivity contribution in [1.82, 2.24) is 9.21 Å². The van der Waals surface area contributed by atoms with E-state index in [-0.39, 0.29) is 23.9 Å². The Kier molecular flexibility index (Phi) is 6.21. The van der Waals surface area contributed by atoms with Crippen LogP contribution in [0.5, 0.6) is 11.5 Å². The number of piperazine rings is 1. The molecule has 1 aliphatic heterocycles. The molecule has 0 aliphatic carbocycles. The van der Waals surface area contributed by atoms with E-state index in [2.05, 4.69) is 0 Å². The average Bonchev–Trinajstić information content (AvgIpc) is 2.74. The van der Waals surface area contributed by atoms with Gasteiger partial charge in [0.25, 0.3) is 5.91 Å². The third kappa shape index (κ3) is 4.45. The molecule has 150 valence electrons. The van der Waals surface area contributed by atoms with Crippen molar-refractivity contribution >= 4 is 15.9 Å². The number of ether oxygens (including phenoxy) is 2. The molecule has 0 saturated carbocycles. The van der Waals surface area contributed by atoms with E-state index in [1.807, 2.05) is 18.2 Å². The van der Waals surface area contributed by atoms with Gasteiger partial charge < -0.3 is 14.4 Å². The number of para-hydroxylation sites is 1. The first kappa shape index (κ1) is 20.2. The Morgan fingerprint density at radius 1 is 0.929 bits per heavy atom. The Hall–Kier alpha value is -2.58. The van der Waals surface area contributed by atoms with Crippen LogP contribution in [-0.2, 0) is 14.8 Å². The molecule has 8 heteroatoms. The molecule has 1 saturated heterocycles. The Labute approximate surface area is 165 Å². The summed E-state index contributed by atoms with van der Waals surface area (Å²) >= 11 is 0. The highest BCUT2D eigenvalue weighted by Gasteiger charge is 2.32. The van der Waals surface area contributed by atoms with Crippen LogP contribution in [0.15, 0.2) is 59.5 Å². The number of benzene rings is 2. The lowest BCUT2D eigenvalue weighted by atomic mass is 10.3. The Morgan fingerprint density at radius 3 is 2.11 bits per heavy atom. The van der Waals surface area contributed by atoms with Gasteiger partial charge in [0.15, 0.2) is 6.10 Å². The number of hydrogen-bond acceptors (Lipinski definition) is 5. The second kappa shape index (κ2) is 8.62. The quantitative estimate of drug-likeness (QED) is 0.736. The fourth-order valence-electron chi connectivity index (χ4n) is 3.06. The van der Waals surface area contributed by atoms with Crippen LogP contribution in [0, 0.1) is 0 Å². The molecule has 0 N–H and O–H groups in total. The Morgan fingerprint density at radius 2 is 1.54 bits per heavy atom. The van der Waals surface area contributed by atoms with E-state index in [0.717, 1.165) is 0 Å². The van der Waals surface area contributed by atoms with E-state index >= 15 is 0 Å². The summed E-state index contributed by atoms with van der Waals surface area (Å²) in [4.78, 5) is 14.5. The zero-order chi connectivity index (χ0) is 20.1. The zero-order valence-corrected chi connectivity index (χ0v) is 16.8. The van der Waals surface area contributed by atoms with Gasteiger partial charge in [0.2, 0.25) is 10.0 Å². The molecule has 7 nitrogen and oxygen atoms in total. The van der Waals surface area contributed by atoms with Crippen LogP contribution in [0.1, 0.15) is 6.92 Å². The molecule has 0 bridgehead atoms. The second-order valence-corrected chi connectivity index (χ2v) is 8.42. The van der Waals surface area contributed by atoms with Crippen LogP contribution in [0.3, 0.4) is 0 Å². The van der Waals surface area contributed by atoms with Crippen molar-refractivity contribution in [1.29, 1.82) is 0 Å². The molecule has 1 heterocycles. The van der Waals surface area contributed by atoms with Crippen LogP contribution in [-0.4, -0.2) is 62.9 Å². The predicted molar refractivity (Wildman–Crippen MR) is 105 cm³/mol. The smallest absolute Gasteiger partial charge is 0.263 e. The lowest BCUT2D eigenvalue weighted by Gasteiger charge is -2.35. The number of sulfonamides is 1. The summed E-state index contributed by atoms with van der Waals surface area (Å²) in [7, 11) is -2.07. The van der Waals surface area contributed by atoms with E-state index in [9.17, 15) is 13.2 Å². The fourth-order valence-corrected chi connectivity index (χ4v) is 4.48. The van der Waals surface area contributed by atoms with Gasteiger partial charge >= 0.3 is 0 Å². The largest absolute Gasteiger partial charge is 0.497 e. The normalized spacial score (nSPS) is 16.4. The van der Waals surface area contributed by atoms with E-state index in [1.54, 1.807) is 36.1 Å². The molecular weight excluding hydrogens is 380 g/mol. The fraction of sp³-hybridized carbons (Fsp3) is 0.350. The predicted octanol–water partition coefficient (Wildman–Crippen LogP) is 2.00. The van der Waals surface area contributed by atoms with Gasteiger partial charge in [-0.25, -0.2) is 8.42 Å². The highest BCUT2D eigenvalue weighted by molar-refractivity contribution is 7.89. The van der Waals surface area contributed by atoms with E-state index in [1.165, 1.54) is 23.5 Å². The zero-order valence-electron chi connectivity index (χ0n) is 15.9. The molecule has 1 amide bonds. The molecule has 0 unspecified atom stereocenters. The lowest BCUT2D eigenvalue weighted by molar-refractivity contribution is -0.139. The van der Waals surface area contributed by atoms with Crippen molar-refractivity contribution < 1.29 is 22.7 Å². The maximum Gasteiger partial charge on any atom is 0.263 e. The summed E-state index contributed by atoms with van der Waals surface area (Å²) < 4.78 is 37.7. The molecule has 3 rings (SSSR count). The summed E-state index contributed by atoms with van der Waals surface area (Å²) in [6.07, 6.45) is -0.632. The number of rotatable bonds is 6. The summed E-state index contributed by atoms with van der Waals surface area (Å²) in [5.41, 5.74) is 0. The van der Waals surface area contributed by atoms with E-state index in [4.69, 9.17) is 9.47 Å². The highest BCUT2D eigenvalue weighted by Crippen LogP contribution is 2.21. The van der Waals surface area contributed by atoms with Crippen LogP contribution in [0.4, 0.5) is 0 Å². The van der Waals surface area contributed by atoms with Crippen molar-refractivity contribution in [2.24, 2.45) is 0 Å². The minimum atomic E-state index is -3.60. The van der Waals surface area contributed by atoms with Gasteiger partial charge in [-0.15, -0.1) is 0 Å². The van der Waals surface area contributed by atoms with Gasteiger partial charge in [0.05, 0.1) is 12.0 Å². The van der Waals surface area contributed by atoms with Crippen LogP contribution in [0.25, 0.3) is 0 Å². The molecule has 0 radical (unpaired) electrons. The second-order valence-electron chi connectivity index (χ2n) is 6.48. The van der Waals surface area contributed by atoms with Crippen molar-refractivity contribution in [2.45, 2.75) is 17.9 Å². The van der Waals surface area contributed by atoms with Crippen LogP contribution >= 0.6 is 0 Å². The molecule has 2 aromatic rings. The molecule has 1 atom stereocenters. The SMILES string of the molecule is COc1ccc(S(=O)(=O)N2CCN(C(=O)[C@@H](C)Oc3ccccc3)CC2)cc1. The summed E-state index contributed by atoms with van der Waals surface area (Å²) in [6, 6.07) is 15.5. The number of amides is 1. The molecule has 0 aromatic heterocycles. The van der Waals surface area contributed by atoms with Crippen molar-refractivity contribution in [3.8, 4) is 11.5 Å². The number of hydrogen-bond donors (Lipinski definition) is 0. The maximum absolute atomic E-state index is 12.8. The van der Waals surface area contributed by atoms with Gasteiger partial charge in [-0.05, 0) is 43.3 Å². The van der Waals surface area contributed by atoms with Gasteiger partial charge in [-0.3, -0.25) is 4.79 Å². The maximum atomic E-state index is 12.8. The number of methoxy groups -OCH3 is 1. The topological polar surface area (TPSA) is 76.2 Å². The van der Waals surface area contributed by atoms with Crippen LogP contribution < -0.4 is 9.47 Å². The molecule has 1 aliphatic rings. The standard InChI is InChI=1S/C20H24N2O5S/c1-16(27-18-6-4-3-5-7-18)20(23)21-12-14-22(15-13-21)28(24,25)19-10-8-17(26-2)9-11-19/h3-11,16H,12-15H2,1-2H3/t16-/m1/s1. The molecule has 2 aromatic carbocycles. The number of carbonyl (C=O) groups excluding carboxylic acids is 1. The summed E-state index contributed by atoms with van der Waals surface area (Å²) in [6.45, 7) is 2.86. The third-order valence-corrected chi connectivity index (χ3v) is 6.56. The van der Waals surface area contributed by atoms with Crippen molar-refractivity contribution in [3.05, 3.63) is 54.6 Å². The van der Waals surface area contributed by atoms with Gasteiger partial charge in [-0.2, -0.15) is 4.31 Å². The lowest BCUT2D eigenvalue weighted by Crippen LogP contribution is -2.53. The molecule has 1 fully saturated rings. The first-order valence-corrected chi connectivity index (χ1v) is 10.5. The summed E-state index contributed by atoms with van der Waals surface area (Å²) in [5, 5.41) is 0. The Bertz CT molecular complexity index is 892. The molecule has 28 heavy (non-hydrogen) atoms. The van der Waals surface area contributed by atoms with Gasteiger partial charge in [-0.1, -0.05) is 18.2 Å².